The van der Waals surface area contributed by atoms with Gasteiger partial charge in [-0.3, -0.25) is 9.78 Å². The number of rotatable bonds is 5. The van der Waals surface area contributed by atoms with E-state index in [1.54, 1.807) is 6.07 Å². The molecule has 0 spiro atoms. The highest BCUT2D eigenvalue weighted by atomic mass is 19.2. The van der Waals surface area contributed by atoms with E-state index >= 15 is 0 Å². The Kier molecular flexibility index (Phi) is 4.48. The van der Waals surface area contributed by atoms with Crippen LogP contribution in [0.25, 0.3) is 5.65 Å². The molecule has 4 aromatic rings. The van der Waals surface area contributed by atoms with Crippen molar-refractivity contribution in [3.05, 3.63) is 77.8 Å². The van der Waals surface area contributed by atoms with Gasteiger partial charge in [-0.25, -0.2) is 18.9 Å². The zero-order chi connectivity index (χ0) is 19.7. The van der Waals surface area contributed by atoms with E-state index in [0.717, 1.165) is 18.0 Å². The minimum Gasteiger partial charge on any atom is -0.454 e. The van der Waals surface area contributed by atoms with E-state index in [2.05, 4.69) is 20.1 Å². The van der Waals surface area contributed by atoms with Gasteiger partial charge in [0.15, 0.2) is 17.2 Å². The van der Waals surface area contributed by atoms with E-state index in [4.69, 9.17) is 4.74 Å². The highest BCUT2D eigenvalue weighted by Crippen LogP contribution is 2.25. The number of aromatic nitrogens is 5. The third-order valence-electron chi connectivity index (χ3n) is 3.95. The van der Waals surface area contributed by atoms with Crippen molar-refractivity contribution in [2.75, 3.05) is 0 Å². The molecule has 0 aliphatic rings. The first kappa shape index (κ1) is 17.7. The van der Waals surface area contributed by atoms with E-state index < -0.39 is 11.8 Å². The molecule has 9 heteroatoms. The summed E-state index contributed by atoms with van der Waals surface area (Å²) in [4.78, 5) is 24.6. The number of pyridine rings is 3. The van der Waals surface area contributed by atoms with Crippen molar-refractivity contribution in [3.8, 4) is 11.5 Å². The van der Waals surface area contributed by atoms with Crippen molar-refractivity contribution in [2.45, 2.75) is 13.3 Å². The second-order valence-corrected chi connectivity index (χ2v) is 6.03. The maximum atomic E-state index is 13.4. The van der Waals surface area contributed by atoms with Crippen LogP contribution < -0.4 is 4.74 Å². The fraction of sp³-hybridized carbons (Fsp3) is 0.105. The van der Waals surface area contributed by atoms with E-state index in [1.165, 1.54) is 23.1 Å². The lowest BCUT2D eigenvalue weighted by molar-refractivity contribution is 0.0992. The van der Waals surface area contributed by atoms with Crippen molar-refractivity contribution in [2.24, 2.45) is 0 Å². The molecule has 0 N–H and O–H groups in total. The lowest BCUT2D eigenvalue weighted by Crippen LogP contribution is -2.08. The van der Waals surface area contributed by atoms with Gasteiger partial charge in [0.1, 0.15) is 17.8 Å². The van der Waals surface area contributed by atoms with E-state index in [-0.39, 0.29) is 29.3 Å². The quantitative estimate of drug-likeness (QED) is 0.390. The Morgan fingerprint density at radius 2 is 2.04 bits per heavy atom. The normalized spacial score (nSPS) is 11.0. The Labute approximate surface area is 157 Å². The molecule has 0 saturated carbocycles. The highest BCUT2D eigenvalue weighted by molar-refractivity contribution is 6.02. The summed E-state index contributed by atoms with van der Waals surface area (Å²) < 4.78 is 33.3. The van der Waals surface area contributed by atoms with Crippen molar-refractivity contribution in [1.29, 1.82) is 0 Å². The van der Waals surface area contributed by atoms with E-state index in [9.17, 15) is 13.6 Å². The van der Waals surface area contributed by atoms with Crippen LogP contribution in [-0.4, -0.2) is 30.3 Å². The largest absolute Gasteiger partial charge is 0.454 e. The Balaban J connectivity index is 1.68. The van der Waals surface area contributed by atoms with Crippen LogP contribution in [0.1, 0.15) is 21.7 Å². The average Bonchev–Trinajstić information content (AvgIpc) is 3.12. The second-order valence-electron chi connectivity index (χ2n) is 6.03. The fourth-order valence-electron chi connectivity index (χ4n) is 2.72. The summed E-state index contributed by atoms with van der Waals surface area (Å²) in [5.74, 6) is -2.41. The number of nitrogens with zero attached hydrogens (tertiary/aromatic N) is 5. The molecule has 140 valence electrons. The van der Waals surface area contributed by atoms with E-state index in [1.807, 2.05) is 19.1 Å². The van der Waals surface area contributed by atoms with Crippen LogP contribution in [0.3, 0.4) is 0 Å². The minimum absolute atomic E-state index is 0.0166. The zero-order valence-corrected chi connectivity index (χ0v) is 14.6. The third-order valence-corrected chi connectivity index (χ3v) is 3.95. The van der Waals surface area contributed by atoms with Crippen molar-refractivity contribution in [3.63, 3.8) is 0 Å². The molecule has 0 bridgehead atoms. The smallest absolute Gasteiger partial charge is 0.249 e. The Hall–Kier alpha value is -3.75. The predicted octanol–water partition coefficient (Wildman–Crippen LogP) is 3.32. The Morgan fingerprint density at radius 3 is 2.82 bits per heavy atom. The molecule has 0 aliphatic heterocycles. The molecular weight excluding hydrogens is 368 g/mol. The molecule has 0 saturated heterocycles. The average molecular weight is 381 g/mol. The van der Waals surface area contributed by atoms with Gasteiger partial charge < -0.3 is 4.74 Å². The van der Waals surface area contributed by atoms with Gasteiger partial charge in [-0.15, -0.1) is 0 Å². The number of Topliss-reactive ketones (excluding diaryl/α,β-unsaturated/α-hetero) is 1. The monoisotopic (exact) mass is 381 g/mol. The lowest BCUT2D eigenvalue weighted by Gasteiger charge is -2.09. The molecule has 0 unspecified atom stereocenters. The first-order chi connectivity index (χ1) is 13.5. The SMILES string of the molecule is Cc1cccc(CC(=O)c2cc(Oc3cnc(F)c(F)c3)cn3ncnc23)n1. The fourth-order valence-corrected chi connectivity index (χ4v) is 2.72. The number of fused-ring (bicyclic) bond motifs is 1. The van der Waals surface area contributed by atoms with Crippen LogP contribution in [0.5, 0.6) is 11.5 Å². The molecule has 0 radical (unpaired) electrons. The molecule has 0 aromatic carbocycles. The predicted molar refractivity (Wildman–Crippen MR) is 94.2 cm³/mol. The van der Waals surface area contributed by atoms with Gasteiger partial charge in [-0.05, 0) is 25.1 Å². The van der Waals surface area contributed by atoms with Crippen LogP contribution in [0.15, 0.2) is 49.1 Å². The number of halogens is 2. The van der Waals surface area contributed by atoms with Crippen LogP contribution in [0.4, 0.5) is 8.78 Å². The standard InChI is InChI=1S/C19H13F2N5O2/c1-11-3-2-4-12(25-11)5-17(27)15-6-14(9-26-19(15)23-10-24-26)28-13-7-16(20)18(21)22-8-13/h2-4,6-10H,5H2,1H3. The first-order valence-corrected chi connectivity index (χ1v) is 8.27. The number of carbonyl (C=O) groups is 1. The summed E-state index contributed by atoms with van der Waals surface area (Å²) in [6, 6.07) is 7.77. The van der Waals surface area contributed by atoms with Crippen molar-refractivity contribution < 1.29 is 18.3 Å². The van der Waals surface area contributed by atoms with Gasteiger partial charge in [0.2, 0.25) is 5.95 Å². The molecule has 28 heavy (non-hydrogen) atoms. The molecular formula is C19H13F2N5O2. The summed E-state index contributed by atoms with van der Waals surface area (Å²) in [7, 11) is 0. The molecule has 0 aliphatic carbocycles. The number of hydrogen-bond donors (Lipinski definition) is 0. The van der Waals surface area contributed by atoms with Gasteiger partial charge in [-0.2, -0.15) is 9.49 Å². The third kappa shape index (κ3) is 3.54. The first-order valence-electron chi connectivity index (χ1n) is 8.27. The topological polar surface area (TPSA) is 82.3 Å². The minimum atomic E-state index is -1.22. The maximum Gasteiger partial charge on any atom is 0.249 e. The lowest BCUT2D eigenvalue weighted by atomic mass is 10.1. The van der Waals surface area contributed by atoms with Gasteiger partial charge >= 0.3 is 0 Å². The van der Waals surface area contributed by atoms with E-state index in [0.29, 0.717) is 11.3 Å². The van der Waals surface area contributed by atoms with Gasteiger partial charge in [-0.1, -0.05) is 6.07 Å². The number of carbonyl (C=O) groups excluding carboxylic acids is 1. The molecule has 4 aromatic heterocycles. The maximum absolute atomic E-state index is 13.4. The zero-order valence-electron chi connectivity index (χ0n) is 14.6. The van der Waals surface area contributed by atoms with Crippen LogP contribution >= 0.6 is 0 Å². The van der Waals surface area contributed by atoms with Crippen LogP contribution in [0, 0.1) is 18.7 Å². The van der Waals surface area contributed by atoms with Crippen LogP contribution in [0.2, 0.25) is 0 Å². The van der Waals surface area contributed by atoms with Crippen molar-refractivity contribution in [1.82, 2.24) is 24.6 Å². The molecule has 0 atom stereocenters. The number of aryl methyl sites for hydroxylation is 1. The molecule has 7 nitrogen and oxygen atoms in total. The molecule has 4 rings (SSSR count). The number of hydrogen-bond acceptors (Lipinski definition) is 6. The summed E-state index contributed by atoms with van der Waals surface area (Å²) in [6.07, 6.45) is 3.90. The number of ketones is 1. The summed E-state index contributed by atoms with van der Waals surface area (Å²) >= 11 is 0. The Morgan fingerprint density at radius 1 is 1.18 bits per heavy atom. The van der Waals surface area contributed by atoms with Crippen LogP contribution in [-0.2, 0) is 6.42 Å². The Bertz CT molecular complexity index is 1190. The van der Waals surface area contributed by atoms with Gasteiger partial charge in [0.25, 0.3) is 0 Å². The summed E-state index contributed by atoms with van der Waals surface area (Å²) in [5, 5.41) is 4.02. The summed E-state index contributed by atoms with van der Waals surface area (Å²) in [5.41, 5.74) is 2.06. The van der Waals surface area contributed by atoms with Gasteiger partial charge in [0.05, 0.1) is 24.4 Å². The number of ether oxygens (including phenoxy) is 1. The molecule has 4 heterocycles. The summed E-state index contributed by atoms with van der Waals surface area (Å²) in [6.45, 7) is 1.84. The molecule has 0 amide bonds. The van der Waals surface area contributed by atoms with Crippen molar-refractivity contribution >= 4 is 11.4 Å². The molecule has 0 fully saturated rings. The highest BCUT2D eigenvalue weighted by Gasteiger charge is 2.17. The second kappa shape index (κ2) is 7.10. The van der Waals surface area contributed by atoms with Gasteiger partial charge in [0, 0.05) is 17.5 Å².